The Labute approximate surface area is 108 Å². The number of para-hydroxylation sites is 1. The van der Waals surface area contributed by atoms with Crippen molar-refractivity contribution >= 4 is 5.69 Å². The average molecular weight is 242 g/mol. The van der Waals surface area contributed by atoms with E-state index in [1.54, 1.807) is 6.20 Å². The van der Waals surface area contributed by atoms with Crippen LogP contribution in [0.5, 0.6) is 5.75 Å². The second-order valence-electron chi connectivity index (χ2n) is 4.26. The lowest BCUT2D eigenvalue weighted by Crippen LogP contribution is -2.23. The van der Waals surface area contributed by atoms with E-state index < -0.39 is 0 Å². The van der Waals surface area contributed by atoms with Crippen molar-refractivity contribution in [2.24, 2.45) is 0 Å². The lowest BCUT2D eigenvalue weighted by Gasteiger charge is -2.17. The van der Waals surface area contributed by atoms with Crippen LogP contribution in [0, 0.1) is 6.92 Å². The summed E-state index contributed by atoms with van der Waals surface area (Å²) in [6.45, 7) is 4.76. The zero-order valence-electron chi connectivity index (χ0n) is 10.8. The quantitative estimate of drug-likeness (QED) is 0.873. The fraction of sp³-hybridized carbons (Fsp3) is 0.267. The van der Waals surface area contributed by atoms with Gasteiger partial charge >= 0.3 is 0 Å². The van der Waals surface area contributed by atoms with Crippen molar-refractivity contribution in [1.82, 2.24) is 4.98 Å². The molecule has 18 heavy (non-hydrogen) atoms. The molecule has 0 bridgehead atoms. The Bertz CT molecular complexity index is 485. The molecule has 0 amide bonds. The van der Waals surface area contributed by atoms with Gasteiger partial charge in [0.2, 0.25) is 0 Å². The summed E-state index contributed by atoms with van der Waals surface area (Å²) in [5.74, 6) is 0.847. The van der Waals surface area contributed by atoms with Gasteiger partial charge in [-0.25, -0.2) is 0 Å². The fourth-order valence-corrected chi connectivity index (χ4v) is 1.67. The summed E-state index contributed by atoms with van der Waals surface area (Å²) in [7, 11) is 0. The maximum absolute atomic E-state index is 5.84. The Morgan fingerprint density at radius 1 is 1.17 bits per heavy atom. The zero-order valence-corrected chi connectivity index (χ0v) is 10.8. The van der Waals surface area contributed by atoms with Crippen molar-refractivity contribution in [3.63, 3.8) is 0 Å². The van der Waals surface area contributed by atoms with Crippen molar-refractivity contribution in [2.45, 2.75) is 20.0 Å². The molecule has 3 nitrogen and oxygen atoms in total. The summed E-state index contributed by atoms with van der Waals surface area (Å²) in [5.41, 5.74) is 2.03. The summed E-state index contributed by atoms with van der Waals surface area (Å²) in [6.07, 6.45) is 1.86. The third-order valence-corrected chi connectivity index (χ3v) is 2.65. The number of ether oxygens (including phenoxy) is 1. The van der Waals surface area contributed by atoms with Gasteiger partial charge in [-0.1, -0.05) is 18.2 Å². The van der Waals surface area contributed by atoms with E-state index in [9.17, 15) is 0 Å². The van der Waals surface area contributed by atoms with Crippen molar-refractivity contribution in [3.8, 4) is 5.75 Å². The maximum Gasteiger partial charge on any atom is 0.140 e. The van der Waals surface area contributed by atoms with Crippen molar-refractivity contribution in [3.05, 3.63) is 54.4 Å². The smallest absolute Gasteiger partial charge is 0.140 e. The second-order valence-corrected chi connectivity index (χ2v) is 4.26. The molecule has 0 aliphatic rings. The van der Waals surface area contributed by atoms with Gasteiger partial charge in [0, 0.05) is 11.9 Å². The Hall–Kier alpha value is -2.03. The minimum absolute atomic E-state index is 0.0908. The molecule has 1 aromatic heterocycles. The standard InChI is InChI=1S/C15H18N2O/c1-12(11-17-14-7-4-3-5-8-14)18-15-9-6-10-16-13(15)2/h3-10,12,17H,11H2,1-2H3. The van der Waals surface area contributed by atoms with Gasteiger partial charge < -0.3 is 10.1 Å². The molecular formula is C15H18N2O. The van der Waals surface area contributed by atoms with Crippen molar-refractivity contribution in [2.75, 3.05) is 11.9 Å². The molecule has 1 heterocycles. The Kier molecular flexibility index (Phi) is 4.18. The molecule has 0 fully saturated rings. The maximum atomic E-state index is 5.84. The molecule has 0 aliphatic carbocycles. The molecule has 3 heteroatoms. The highest BCUT2D eigenvalue weighted by molar-refractivity contribution is 5.42. The van der Waals surface area contributed by atoms with Crippen LogP contribution in [0.15, 0.2) is 48.7 Å². The van der Waals surface area contributed by atoms with Gasteiger partial charge in [0.15, 0.2) is 0 Å². The molecule has 2 rings (SSSR count). The number of pyridine rings is 1. The van der Waals surface area contributed by atoms with Crippen LogP contribution in [0.1, 0.15) is 12.6 Å². The van der Waals surface area contributed by atoms with Crippen LogP contribution in [0.3, 0.4) is 0 Å². The highest BCUT2D eigenvalue weighted by Gasteiger charge is 2.06. The Morgan fingerprint density at radius 2 is 1.94 bits per heavy atom. The van der Waals surface area contributed by atoms with Gasteiger partial charge in [-0.3, -0.25) is 4.98 Å². The highest BCUT2D eigenvalue weighted by atomic mass is 16.5. The first-order valence-corrected chi connectivity index (χ1v) is 6.13. The summed E-state index contributed by atoms with van der Waals surface area (Å²) in [5, 5.41) is 3.34. The van der Waals surface area contributed by atoms with Gasteiger partial charge in [0.05, 0.1) is 12.2 Å². The van der Waals surface area contributed by atoms with Gasteiger partial charge in [-0.15, -0.1) is 0 Å². The van der Waals surface area contributed by atoms with Crippen LogP contribution in [0.25, 0.3) is 0 Å². The lowest BCUT2D eigenvalue weighted by atomic mass is 10.3. The largest absolute Gasteiger partial charge is 0.487 e. The van der Waals surface area contributed by atoms with E-state index in [0.29, 0.717) is 0 Å². The molecule has 0 radical (unpaired) electrons. The number of hydrogen-bond donors (Lipinski definition) is 1. The summed E-state index contributed by atoms with van der Waals surface area (Å²) < 4.78 is 5.84. The van der Waals surface area contributed by atoms with Crippen LogP contribution >= 0.6 is 0 Å². The third-order valence-electron chi connectivity index (χ3n) is 2.65. The Morgan fingerprint density at radius 3 is 2.67 bits per heavy atom. The monoisotopic (exact) mass is 242 g/mol. The van der Waals surface area contributed by atoms with Gasteiger partial charge in [-0.2, -0.15) is 0 Å². The highest BCUT2D eigenvalue weighted by Crippen LogP contribution is 2.15. The first-order chi connectivity index (χ1) is 8.75. The first-order valence-electron chi connectivity index (χ1n) is 6.13. The van der Waals surface area contributed by atoms with Gasteiger partial charge in [0.25, 0.3) is 0 Å². The summed E-state index contributed by atoms with van der Waals surface area (Å²) in [4.78, 5) is 4.21. The van der Waals surface area contributed by atoms with Crippen LogP contribution < -0.4 is 10.1 Å². The van der Waals surface area contributed by atoms with E-state index >= 15 is 0 Å². The van der Waals surface area contributed by atoms with Gasteiger partial charge in [0.1, 0.15) is 11.9 Å². The number of benzene rings is 1. The number of hydrogen-bond acceptors (Lipinski definition) is 3. The molecule has 1 unspecified atom stereocenters. The predicted molar refractivity (Wildman–Crippen MR) is 74.0 cm³/mol. The number of rotatable bonds is 5. The molecular weight excluding hydrogens is 224 g/mol. The zero-order chi connectivity index (χ0) is 12.8. The van der Waals surface area contributed by atoms with Crippen LogP contribution in [0.4, 0.5) is 5.69 Å². The topological polar surface area (TPSA) is 34.1 Å². The van der Waals surface area contributed by atoms with Crippen molar-refractivity contribution < 1.29 is 4.74 Å². The third kappa shape index (κ3) is 3.48. The van der Waals surface area contributed by atoms with E-state index in [4.69, 9.17) is 4.74 Å². The molecule has 0 aliphatic heterocycles. The number of aryl methyl sites for hydroxylation is 1. The molecule has 1 aromatic carbocycles. The molecule has 1 atom stereocenters. The number of aromatic nitrogens is 1. The summed E-state index contributed by atoms with van der Waals surface area (Å²) in [6, 6.07) is 14.0. The molecule has 2 aromatic rings. The van der Waals surface area contributed by atoms with E-state index in [2.05, 4.69) is 10.3 Å². The second kappa shape index (κ2) is 6.05. The fourth-order valence-electron chi connectivity index (χ4n) is 1.67. The minimum atomic E-state index is 0.0908. The lowest BCUT2D eigenvalue weighted by molar-refractivity contribution is 0.232. The predicted octanol–water partition coefficient (Wildman–Crippen LogP) is 3.27. The molecule has 1 N–H and O–H groups in total. The molecule has 0 saturated carbocycles. The van der Waals surface area contributed by atoms with E-state index in [-0.39, 0.29) is 6.10 Å². The van der Waals surface area contributed by atoms with Crippen LogP contribution in [-0.2, 0) is 0 Å². The number of nitrogens with one attached hydrogen (secondary N) is 1. The molecule has 94 valence electrons. The van der Waals surface area contributed by atoms with E-state index in [0.717, 1.165) is 23.7 Å². The number of nitrogens with zero attached hydrogens (tertiary/aromatic N) is 1. The van der Waals surface area contributed by atoms with Crippen molar-refractivity contribution in [1.29, 1.82) is 0 Å². The normalized spacial score (nSPS) is 11.9. The Balaban J connectivity index is 1.86. The SMILES string of the molecule is Cc1ncccc1OC(C)CNc1ccccc1. The van der Waals surface area contributed by atoms with Crippen LogP contribution in [0.2, 0.25) is 0 Å². The molecule has 0 saturated heterocycles. The average Bonchev–Trinajstić information content (AvgIpc) is 2.40. The van der Waals surface area contributed by atoms with Crippen LogP contribution in [-0.4, -0.2) is 17.6 Å². The first kappa shape index (κ1) is 12.4. The summed E-state index contributed by atoms with van der Waals surface area (Å²) >= 11 is 0. The van der Waals surface area contributed by atoms with Gasteiger partial charge in [-0.05, 0) is 38.1 Å². The van der Waals surface area contributed by atoms with E-state index in [1.807, 2.05) is 56.3 Å². The number of anilines is 1. The van der Waals surface area contributed by atoms with E-state index in [1.165, 1.54) is 0 Å². The minimum Gasteiger partial charge on any atom is -0.487 e. The molecule has 0 spiro atoms.